The zero-order valence-corrected chi connectivity index (χ0v) is 21.7. The van der Waals surface area contributed by atoms with Crippen molar-refractivity contribution < 1.29 is 9.59 Å². The fraction of sp³-hybridized carbons (Fsp3) is 0.562. The van der Waals surface area contributed by atoms with Crippen LogP contribution in [0.15, 0.2) is 60.7 Å². The Morgan fingerprint density at radius 1 is 0.472 bits per heavy atom. The maximum absolute atomic E-state index is 14.2. The molecule has 0 aliphatic heterocycles. The topological polar surface area (TPSA) is 40.6 Å². The van der Waals surface area contributed by atoms with Crippen molar-refractivity contribution in [3.05, 3.63) is 60.7 Å². The first-order chi connectivity index (χ1) is 17.7. The van der Waals surface area contributed by atoms with Gasteiger partial charge in [0.1, 0.15) is 0 Å². The molecule has 2 aromatic rings. The molecular weight excluding hydrogens is 444 g/mol. The maximum Gasteiger partial charge on any atom is 0.230 e. The molecule has 0 aromatic heterocycles. The molecular formula is C32H42N2O2. The van der Waals surface area contributed by atoms with Gasteiger partial charge >= 0.3 is 0 Å². The number of rotatable bonds is 6. The smallest absolute Gasteiger partial charge is 0.230 e. The van der Waals surface area contributed by atoms with Gasteiger partial charge in [-0.3, -0.25) is 9.59 Å². The lowest BCUT2D eigenvalue weighted by molar-refractivity contribution is -0.126. The van der Waals surface area contributed by atoms with Crippen LogP contribution in [0.4, 0.5) is 11.4 Å². The number of carbonyl (C=O) groups is 2. The van der Waals surface area contributed by atoms with Crippen LogP contribution in [0, 0.1) is 11.8 Å². The highest BCUT2D eigenvalue weighted by Crippen LogP contribution is 2.38. The normalized spacial score (nSPS) is 23.7. The SMILES string of the molecule is O=C(C1CCCCC1)N(c1ccccc1)C1CCCCC1N(C(=O)C1CCCCC1)c1ccccc1. The van der Waals surface area contributed by atoms with Crippen LogP contribution in [-0.4, -0.2) is 23.9 Å². The van der Waals surface area contributed by atoms with Crippen molar-refractivity contribution in [3.8, 4) is 0 Å². The lowest BCUT2D eigenvalue weighted by Gasteiger charge is -2.47. The minimum absolute atomic E-state index is 0.00308. The van der Waals surface area contributed by atoms with E-state index in [1.165, 1.54) is 12.8 Å². The number of anilines is 2. The van der Waals surface area contributed by atoms with Crippen LogP contribution in [0.2, 0.25) is 0 Å². The van der Waals surface area contributed by atoms with Crippen LogP contribution < -0.4 is 9.80 Å². The monoisotopic (exact) mass is 486 g/mol. The third-order valence-corrected chi connectivity index (χ3v) is 8.81. The van der Waals surface area contributed by atoms with E-state index in [0.29, 0.717) is 0 Å². The van der Waals surface area contributed by atoms with E-state index in [-0.39, 0.29) is 35.7 Å². The van der Waals surface area contributed by atoms with Crippen LogP contribution >= 0.6 is 0 Å². The largest absolute Gasteiger partial charge is 0.307 e. The van der Waals surface area contributed by atoms with Crippen molar-refractivity contribution in [1.82, 2.24) is 0 Å². The molecule has 192 valence electrons. The number of benzene rings is 2. The summed E-state index contributed by atoms with van der Waals surface area (Å²) in [4.78, 5) is 32.7. The number of para-hydroxylation sites is 2. The maximum atomic E-state index is 14.2. The summed E-state index contributed by atoms with van der Waals surface area (Å²) in [7, 11) is 0. The first-order valence-electron chi connectivity index (χ1n) is 14.5. The van der Waals surface area contributed by atoms with E-state index in [4.69, 9.17) is 0 Å². The van der Waals surface area contributed by atoms with Crippen molar-refractivity contribution in [2.45, 2.75) is 102 Å². The Morgan fingerprint density at radius 3 is 1.17 bits per heavy atom. The molecule has 2 aromatic carbocycles. The van der Waals surface area contributed by atoms with Gasteiger partial charge in [-0.15, -0.1) is 0 Å². The first-order valence-corrected chi connectivity index (χ1v) is 14.5. The summed E-state index contributed by atoms with van der Waals surface area (Å²) >= 11 is 0. The summed E-state index contributed by atoms with van der Waals surface area (Å²) in [5.74, 6) is 0.744. The average Bonchev–Trinajstić information content (AvgIpc) is 2.96. The molecule has 36 heavy (non-hydrogen) atoms. The summed E-state index contributed by atoms with van der Waals surface area (Å²) in [5, 5.41) is 0. The Labute approximate surface area is 217 Å². The second-order valence-electron chi connectivity index (χ2n) is 11.2. The van der Waals surface area contributed by atoms with E-state index in [1.807, 2.05) is 36.4 Å². The number of amides is 2. The van der Waals surface area contributed by atoms with Crippen LogP contribution in [0.1, 0.15) is 89.9 Å². The second kappa shape index (κ2) is 12.1. The second-order valence-corrected chi connectivity index (χ2v) is 11.2. The number of carbonyl (C=O) groups excluding carboxylic acids is 2. The van der Waals surface area contributed by atoms with Gasteiger partial charge in [-0.05, 0) is 62.8 Å². The molecule has 2 amide bonds. The van der Waals surface area contributed by atoms with Crippen molar-refractivity contribution in [2.24, 2.45) is 11.8 Å². The van der Waals surface area contributed by atoms with Gasteiger partial charge in [0.05, 0.1) is 12.1 Å². The van der Waals surface area contributed by atoms with Gasteiger partial charge in [0.15, 0.2) is 0 Å². The van der Waals surface area contributed by atoms with E-state index in [1.54, 1.807) is 0 Å². The van der Waals surface area contributed by atoms with E-state index in [0.717, 1.165) is 88.4 Å². The van der Waals surface area contributed by atoms with Crippen LogP contribution in [0.3, 0.4) is 0 Å². The van der Waals surface area contributed by atoms with Gasteiger partial charge < -0.3 is 9.80 Å². The van der Waals surface area contributed by atoms with Gasteiger partial charge in [-0.25, -0.2) is 0 Å². The number of nitrogens with zero attached hydrogens (tertiary/aromatic N) is 2. The molecule has 0 radical (unpaired) electrons. The molecule has 4 nitrogen and oxygen atoms in total. The van der Waals surface area contributed by atoms with E-state index >= 15 is 0 Å². The lowest BCUT2D eigenvalue weighted by atomic mass is 9.82. The van der Waals surface area contributed by atoms with Crippen molar-refractivity contribution in [1.29, 1.82) is 0 Å². The highest BCUT2D eigenvalue weighted by Gasteiger charge is 2.42. The Hall–Kier alpha value is -2.62. The van der Waals surface area contributed by atoms with Gasteiger partial charge in [-0.2, -0.15) is 0 Å². The summed E-state index contributed by atoms with van der Waals surface area (Å²) in [6.45, 7) is 0. The molecule has 0 heterocycles. The highest BCUT2D eigenvalue weighted by molar-refractivity contribution is 5.98. The zero-order chi connectivity index (χ0) is 24.7. The van der Waals surface area contributed by atoms with Crippen molar-refractivity contribution in [3.63, 3.8) is 0 Å². The van der Waals surface area contributed by atoms with Crippen LogP contribution in [0.5, 0.6) is 0 Å². The van der Waals surface area contributed by atoms with Gasteiger partial charge in [-0.1, -0.05) is 87.8 Å². The van der Waals surface area contributed by atoms with E-state index < -0.39 is 0 Å². The van der Waals surface area contributed by atoms with E-state index in [2.05, 4.69) is 34.1 Å². The Balaban J connectivity index is 1.53. The Morgan fingerprint density at radius 2 is 0.806 bits per heavy atom. The standard InChI is InChI=1S/C32H42N2O2/c35-31(25-15-5-1-6-16-25)33(27-19-9-3-10-20-27)29-23-13-14-24-30(29)34(28-21-11-4-12-22-28)32(36)26-17-7-2-8-18-26/h3-4,9-12,19-22,25-26,29-30H,1-2,5-8,13-18,23-24H2. The van der Waals surface area contributed by atoms with Crippen LogP contribution in [0.25, 0.3) is 0 Å². The first kappa shape index (κ1) is 25.0. The minimum Gasteiger partial charge on any atom is -0.307 e. The highest BCUT2D eigenvalue weighted by atomic mass is 16.2. The summed E-state index contributed by atoms with van der Waals surface area (Å²) < 4.78 is 0. The average molecular weight is 487 g/mol. The molecule has 0 N–H and O–H groups in total. The minimum atomic E-state index is 0.00308. The number of hydrogen-bond donors (Lipinski definition) is 0. The van der Waals surface area contributed by atoms with Gasteiger partial charge in [0.25, 0.3) is 0 Å². The predicted octanol–water partition coefficient (Wildman–Crippen LogP) is 7.52. The molecule has 5 rings (SSSR count). The third kappa shape index (κ3) is 5.53. The molecule has 2 unspecified atom stereocenters. The summed E-state index contributed by atoms with van der Waals surface area (Å²) in [6.07, 6.45) is 15.1. The summed E-state index contributed by atoms with van der Waals surface area (Å²) in [6, 6.07) is 20.5. The van der Waals surface area contributed by atoms with E-state index in [9.17, 15) is 9.59 Å². The molecule has 3 saturated carbocycles. The Bertz CT molecular complexity index is 898. The fourth-order valence-electron chi connectivity index (χ4n) is 6.93. The molecule has 0 bridgehead atoms. The zero-order valence-electron chi connectivity index (χ0n) is 21.7. The van der Waals surface area contributed by atoms with Crippen molar-refractivity contribution >= 4 is 23.2 Å². The molecule has 0 spiro atoms. The predicted molar refractivity (Wildman–Crippen MR) is 147 cm³/mol. The third-order valence-electron chi connectivity index (χ3n) is 8.81. The lowest BCUT2D eigenvalue weighted by Crippen LogP contribution is -2.59. The van der Waals surface area contributed by atoms with Gasteiger partial charge in [0.2, 0.25) is 11.8 Å². The quantitative estimate of drug-likeness (QED) is 0.423. The molecule has 0 saturated heterocycles. The van der Waals surface area contributed by atoms with Crippen LogP contribution in [-0.2, 0) is 9.59 Å². The molecule has 4 heteroatoms. The van der Waals surface area contributed by atoms with Gasteiger partial charge in [0, 0.05) is 23.2 Å². The molecule has 3 aliphatic rings. The van der Waals surface area contributed by atoms with Crippen molar-refractivity contribution in [2.75, 3.05) is 9.80 Å². The Kier molecular flexibility index (Phi) is 8.40. The molecule has 3 fully saturated rings. The summed E-state index contributed by atoms with van der Waals surface area (Å²) in [5.41, 5.74) is 1.98. The fourth-order valence-corrected chi connectivity index (χ4v) is 6.93. The molecule has 3 aliphatic carbocycles. The number of hydrogen-bond acceptors (Lipinski definition) is 2. The molecule has 2 atom stereocenters.